The van der Waals surface area contributed by atoms with Crippen LogP contribution in [0.15, 0.2) is 60.7 Å². The van der Waals surface area contributed by atoms with Crippen LogP contribution in [0.2, 0.25) is 5.04 Å². The van der Waals surface area contributed by atoms with Crippen LogP contribution in [0.5, 0.6) is 0 Å². The van der Waals surface area contributed by atoms with E-state index in [0.717, 1.165) is 0 Å². The molecule has 1 amide bonds. The first-order valence-electron chi connectivity index (χ1n) is 8.49. The summed E-state index contributed by atoms with van der Waals surface area (Å²) in [5, 5.41) is 5.36. The van der Waals surface area contributed by atoms with E-state index in [1.807, 2.05) is 12.1 Å². The second-order valence-electron chi connectivity index (χ2n) is 7.41. The van der Waals surface area contributed by atoms with Gasteiger partial charge in [-0.1, -0.05) is 81.4 Å². The first-order valence-corrected chi connectivity index (χ1v) is 10.4. The zero-order valence-electron chi connectivity index (χ0n) is 14.6. The second kappa shape index (κ2) is 6.53. The minimum atomic E-state index is -2.54. The Balaban J connectivity index is 2.15. The Labute approximate surface area is 145 Å². The molecule has 1 unspecified atom stereocenters. The van der Waals surface area contributed by atoms with Crippen LogP contribution < -0.4 is 15.7 Å². The molecular formula is C20H25NO2Si. The van der Waals surface area contributed by atoms with E-state index in [2.05, 4.69) is 74.6 Å². The maximum atomic E-state index is 11.7. The summed E-state index contributed by atoms with van der Waals surface area (Å²) in [4.78, 5) is 11.7. The van der Waals surface area contributed by atoms with Crippen molar-refractivity contribution < 1.29 is 9.22 Å². The smallest absolute Gasteiger partial charge is 0.261 e. The quantitative estimate of drug-likeness (QED) is 0.869. The molecule has 1 aliphatic heterocycles. The van der Waals surface area contributed by atoms with Crippen LogP contribution in [0.3, 0.4) is 0 Å². The van der Waals surface area contributed by atoms with Crippen LogP contribution >= 0.6 is 0 Å². The van der Waals surface area contributed by atoms with Gasteiger partial charge in [0.15, 0.2) is 0 Å². The van der Waals surface area contributed by atoms with Gasteiger partial charge in [0, 0.05) is 6.54 Å². The van der Waals surface area contributed by atoms with Crippen molar-refractivity contribution in [3.05, 3.63) is 60.7 Å². The normalized spacial score (nSPS) is 18.5. The van der Waals surface area contributed by atoms with Crippen molar-refractivity contribution in [2.45, 2.75) is 38.3 Å². The number of benzene rings is 2. The Morgan fingerprint density at radius 2 is 1.46 bits per heavy atom. The first-order chi connectivity index (χ1) is 11.4. The molecule has 1 N–H and O–H groups in total. The number of carbonyl (C=O) groups excluding carboxylic acids is 1. The van der Waals surface area contributed by atoms with Gasteiger partial charge in [0.2, 0.25) is 5.91 Å². The molecule has 1 saturated heterocycles. The molecule has 126 valence electrons. The molecule has 0 aliphatic carbocycles. The zero-order chi connectivity index (χ0) is 17.2. The number of rotatable bonds is 4. The van der Waals surface area contributed by atoms with Gasteiger partial charge in [0.25, 0.3) is 8.32 Å². The average molecular weight is 340 g/mol. The molecule has 4 heteroatoms. The molecule has 0 saturated carbocycles. The van der Waals surface area contributed by atoms with Gasteiger partial charge in [0.1, 0.15) is 0 Å². The Morgan fingerprint density at radius 1 is 0.958 bits per heavy atom. The zero-order valence-corrected chi connectivity index (χ0v) is 15.6. The van der Waals surface area contributed by atoms with E-state index in [1.54, 1.807) is 0 Å². The van der Waals surface area contributed by atoms with Gasteiger partial charge in [-0.05, 0) is 15.4 Å². The summed E-state index contributed by atoms with van der Waals surface area (Å²) in [5.74, 6) is 0.0814. The summed E-state index contributed by atoms with van der Waals surface area (Å²) in [5.41, 5.74) is 0. The largest absolute Gasteiger partial charge is 0.402 e. The van der Waals surface area contributed by atoms with Gasteiger partial charge in [-0.25, -0.2) is 0 Å². The average Bonchev–Trinajstić information content (AvgIpc) is 2.98. The molecule has 24 heavy (non-hydrogen) atoms. The molecular weight excluding hydrogens is 314 g/mol. The van der Waals surface area contributed by atoms with Crippen molar-refractivity contribution in [3.8, 4) is 0 Å². The SMILES string of the molecule is CC(C)(C)[Si](OC1CNC(=O)C1)(c1ccccc1)c1ccccc1. The van der Waals surface area contributed by atoms with Crippen LogP contribution in [0.4, 0.5) is 0 Å². The molecule has 1 fully saturated rings. The lowest BCUT2D eigenvalue weighted by Crippen LogP contribution is -2.67. The highest BCUT2D eigenvalue weighted by molar-refractivity contribution is 6.99. The highest BCUT2D eigenvalue weighted by Gasteiger charge is 2.51. The fourth-order valence-corrected chi connectivity index (χ4v) is 8.28. The molecule has 2 aromatic rings. The molecule has 1 aliphatic rings. The van der Waals surface area contributed by atoms with Crippen LogP contribution in [-0.4, -0.2) is 26.9 Å². The lowest BCUT2D eigenvalue weighted by Gasteiger charge is -2.44. The fraction of sp³-hybridized carbons (Fsp3) is 0.350. The van der Waals surface area contributed by atoms with Crippen molar-refractivity contribution in [2.24, 2.45) is 0 Å². The van der Waals surface area contributed by atoms with Gasteiger partial charge in [0.05, 0.1) is 12.5 Å². The van der Waals surface area contributed by atoms with Gasteiger partial charge in [-0.15, -0.1) is 0 Å². The van der Waals surface area contributed by atoms with Crippen LogP contribution in [0.25, 0.3) is 0 Å². The third-order valence-corrected chi connectivity index (χ3v) is 9.79. The van der Waals surface area contributed by atoms with E-state index < -0.39 is 8.32 Å². The molecule has 2 aromatic carbocycles. The second-order valence-corrected chi connectivity index (χ2v) is 11.7. The number of amides is 1. The summed E-state index contributed by atoms with van der Waals surface area (Å²) in [6.45, 7) is 7.36. The van der Waals surface area contributed by atoms with E-state index in [1.165, 1.54) is 10.4 Å². The summed E-state index contributed by atoms with van der Waals surface area (Å²) >= 11 is 0. The van der Waals surface area contributed by atoms with E-state index in [4.69, 9.17) is 4.43 Å². The highest BCUT2D eigenvalue weighted by Crippen LogP contribution is 2.38. The molecule has 0 aromatic heterocycles. The highest BCUT2D eigenvalue weighted by atomic mass is 28.4. The minimum absolute atomic E-state index is 0.0542. The van der Waals surface area contributed by atoms with Crippen LogP contribution in [0, 0.1) is 0 Å². The number of hydrogen-bond donors (Lipinski definition) is 1. The lowest BCUT2D eigenvalue weighted by molar-refractivity contribution is -0.119. The lowest BCUT2D eigenvalue weighted by atomic mass is 10.2. The van der Waals surface area contributed by atoms with Crippen molar-refractivity contribution in [2.75, 3.05) is 6.54 Å². The van der Waals surface area contributed by atoms with Crippen molar-refractivity contribution >= 4 is 24.6 Å². The van der Waals surface area contributed by atoms with Crippen LogP contribution in [0.1, 0.15) is 27.2 Å². The van der Waals surface area contributed by atoms with E-state index in [-0.39, 0.29) is 17.0 Å². The van der Waals surface area contributed by atoms with Crippen molar-refractivity contribution in [3.63, 3.8) is 0 Å². The minimum Gasteiger partial charge on any atom is -0.402 e. The monoisotopic (exact) mass is 339 g/mol. The number of hydrogen-bond acceptors (Lipinski definition) is 2. The third kappa shape index (κ3) is 3.04. The van der Waals surface area contributed by atoms with E-state index >= 15 is 0 Å². The maximum Gasteiger partial charge on any atom is 0.261 e. The Bertz CT molecular complexity index is 655. The third-order valence-electron chi connectivity index (χ3n) is 4.70. The Hall–Kier alpha value is -1.91. The molecule has 3 rings (SSSR count). The number of carbonyl (C=O) groups is 1. The molecule has 1 heterocycles. The maximum absolute atomic E-state index is 11.7. The van der Waals surface area contributed by atoms with Crippen molar-refractivity contribution in [1.82, 2.24) is 5.32 Å². The first kappa shape index (κ1) is 16.9. The fourth-order valence-electron chi connectivity index (χ4n) is 3.60. The summed E-state index contributed by atoms with van der Waals surface area (Å²) < 4.78 is 6.86. The van der Waals surface area contributed by atoms with Gasteiger partial charge < -0.3 is 9.74 Å². The standard InChI is InChI=1S/C20H25NO2Si/c1-20(2,3)24(17-10-6-4-7-11-17,18-12-8-5-9-13-18)23-16-14-19(22)21-15-16/h4-13,16H,14-15H2,1-3H3,(H,21,22). The van der Waals surface area contributed by atoms with E-state index in [9.17, 15) is 4.79 Å². The molecule has 0 spiro atoms. The van der Waals surface area contributed by atoms with Gasteiger partial charge in [-0.2, -0.15) is 0 Å². The van der Waals surface area contributed by atoms with Gasteiger partial charge >= 0.3 is 0 Å². The predicted octanol–water partition coefficient (Wildman–Crippen LogP) is 2.45. The topological polar surface area (TPSA) is 38.3 Å². The van der Waals surface area contributed by atoms with Crippen LogP contribution in [-0.2, 0) is 9.22 Å². The molecule has 0 bridgehead atoms. The molecule has 0 radical (unpaired) electrons. The predicted molar refractivity (Wildman–Crippen MR) is 100 cm³/mol. The summed E-state index contributed by atoms with van der Waals surface area (Å²) in [6.07, 6.45) is 0.383. The molecule has 1 atom stereocenters. The summed E-state index contributed by atoms with van der Waals surface area (Å²) in [6, 6.07) is 21.1. The van der Waals surface area contributed by atoms with E-state index in [0.29, 0.717) is 13.0 Å². The summed E-state index contributed by atoms with van der Waals surface area (Å²) in [7, 11) is -2.54. The molecule has 3 nitrogen and oxygen atoms in total. The van der Waals surface area contributed by atoms with Gasteiger partial charge in [-0.3, -0.25) is 4.79 Å². The Kier molecular flexibility index (Phi) is 4.61. The van der Waals surface area contributed by atoms with Crippen molar-refractivity contribution in [1.29, 1.82) is 0 Å². The Morgan fingerprint density at radius 3 is 1.83 bits per heavy atom. The number of nitrogens with one attached hydrogen (secondary N) is 1.